The number of carbonyl (C=O) groups is 1. The summed E-state index contributed by atoms with van der Waals surface area (Å²) < 4.78 is 19.1. The lowest BCUT2D eigenvalue weighted by Crippen LogP contribution is -2.35. The highest BCUT2D eigenvalue weighted by Crippen LogP contribution is 2.29. The van der Waals surface area contributed by atoms with E-state index in [2.05, 4.69) is 4.98 Å². The number of ether oxygens (including phenoxy) is 1. The maximum absolute atomic E-state index is 13.4. The SMILES string of the molecule is COC(=O)c1ncn2c1C[N+](C)([O-])Cc1cc(F)ccc1-2. The van der Waals surface area contributed by atoms with Gasteiger partial charge in [0.25, 0.3) is 0 Å². The molecule has 1 atom stereocenters. The molecule has 21 heavy (non-hydrogen) atoms. The van der Waals surface area contributed by atoms with Crippen molar-refractivity contribution in [3.63, 3.8) is 0 Å². The van der Waals surface area contributed by atoms with Crippen molar-refractivity contribution in [3.05, 3.63) is 52.5 Å². The molecule has 3 rings (SSSR count). The number of methoxy groups -OCH3 is 1. The zero-order valence-electron chi connectivity index (χ0n) is 11.7. The quantitative estimate of drug-likeness (QED) is 0.456. The Morgan fingerprint density at radius 2 is 2.24 bits per heavy atom. The molecule has 1 aromatic heterocycles. The maximum Gasteiger partial charge on any atom is 0.358 e. The van der Waals surface area contributed by atoms with Crippen LogP contribution >= 0.6 is 0 Å². The number of hydrogen-bond acceptors (Lipinski definition) is 4. The molecule has 0 N–H and O–H groups in total. The van der Waals surface area contributed by atoms with Gasteiger partial charge in [0.15, 0.2) is 5.69 Å². The predicted molar refractivity (Wildman–Crippen MR) is 71.8 cm³/mol. The summed E-state index contributed by atoms with van der Waals surface area (Å²) in [6.07, 6.45) is 1.46. The third-order valence-corrected chi connectivity index (χ3v) is 3.54. The number of rotatable bonds is 1. The third-order valence-electron chi connectivity index (χ3n) is 3.54. The normalized spacial score (nSPS) is 20.4. The van der Waals surface area contributed by atoms with E-state index >= 15 is 0 Å². The van der Waals surface area contributed by atoms with E-state index in [9.17, 15) is 14.4 Å². The van der Waals surface area contributed by atoms with E-state index in [1.807, 2.05) is 0 Å². The third kappa shape index (κ3) is 2.30. The number of fused-ring (bicyclic) bond motifs is 3. The van der Waals surface area contributed by atoms with Gasteiger partial charge in [-0.1, -0.05) is 0 Å². The molecule has 110 valence electrons. The first-order chi connectivity index (χ1) is 9.91. The van der Waals surface area contributed by atoms with E-state index in [4.69, 9.17) is 4.74 Å². The van der Waals surface area contributed by atoms with Crippen LogP contribution in [0.1, 0.15) is 21.7 Å². The second kappa shape index (κ2) is 4.64. The van der Waals surface area contributed by atoms with E-state index in [1.165, 1.54) is 32.6 Å². The second-order valence-corrected chi connectivity index (χ2v) is 5.29. The molecule has 7 heteroatoms. The monoisotopic (exact) mass is 291 g/mol. The average Bonchev–Trinajstić information content (AvgIpc) is 2.75. The Morgan fingerprint density at radius 1 is 1.48 bits per heavy atom. The molecule has 0 bridgehead atoms. The van der Waals surface area contributed by atoms with E-state index in [0.717, 1.165) is 0 Å². The molecule has 0 spiro atoms. The van der Waals surface area contributed by atoms with Crippen LogP contribution < -0.4 is 0 Å². The number of nitrogens with zero attached hydrogens (tertiary/aromatic N) is 3. The number of aromatic nitrogens is 2. The van der Waals surface area contributed by atoms with Crippen molar-refractivity contribution < 1.29 is 18.6 Å². The molecule has 0 fully saturated rings. The first-order valence-corrected chi connectivity index (χ1v) is 6.40. The van der Waals surface area contributed by atoms with Gasteiger partial charge in [-0.3, -0.25) is 4.57 Å². The molecule has 1 unspecified atom stereocenters. The van der Waals surface area contributed by atoms with E-state index in [0.29, 0.717) is 16.9 Å². The summed E-state index contributed by atoms with van der Waals surface area (Å²) in [5.74, 6) is -0.986. The molecule has 0 saturated carbocycles. The smallest absolute Gasteiger partial charge is 0.358 e. The minimum absolute atomic E-state index is 0.0563. The molecule has 0 radical (unpaired) electrons. The van der Waals surface area contributed by atoms with Gasteiger partial charge in [0, 0.05) is 5.56 Å². The molecular formula is C14H14FN3O3. The summed E-state index contributed by atoms with van der Waals surface area (Å²) in [5, 5.41) is 12.6. The fourth-order valence-electron chi connectivity index (χ4n) is 2.65. The van der Waals surface area contributed by atoms with E-state index < -0.39 is 16.4 Å². The zero-order valence-corrected chi connectivity index (χ0v) is 11.7. The minimum Gasteiger partial charge on any atom is -0.632 e. The van der Waals surface area contributed by atoms with Crippen LogP contribution in [-0.2, 0) is 17.8 Å². The van der Waals surface area contributed by atoms with Crippen molar-refractivity contribution in [3.8, 4) is 5.69 Å². The lowest BCUT2D eigenvalue weighted by molar-refractivity contribution is -0.887. The summed E-state index contributed by atoms with van der Waals surface area (Å²) in [6, 6.07) is 4.25. The zero-order chi connectivity index (χ0) is 15.2. The van der Waals surface area contributed by atoms with Gasteiger partial charge in [-0.2, -0.15) is 0 Å². The standard InChI is InChI=1S/C14H14FN3O3/c1-18(20)6-9-5-10(15)3-4-11(9)17-8-16-13(12(17)7-18)14(19)21-2/h3-5,8H,6-7H2,1-2H3. The number of hydroxylamine groups is 3. The van der Waals surface area contributed by atoms with Gasteiger partial charge in [0.05, 0.1) is 19.8 Å². The molecule has 2 heterocycles. The molecule has 1 aliphatic rings. The Kier molecular flexibility index (Phi) is 3.03. The van der Waals surface area contributed by atoms with E-state index in [1.54, 1.807) is 10.6 Å². The van der Waals surface area contributed by atoms with Crippen LogP contribution in [0.2, 0.25) is 0 Å². The lowest BCUT2D eigenvalue weighted by Gasteiger charge is -2.37. The number of benzene rings is 1. The molecule has 1 aromatic carbocycles. The summed E-state index contributed by atoms with van der Waals surface area (Å²) in [6.45, 7) is 0.177. The number of esters is 1. The summed E-state index contributed by atoms with van der Waals surface area (Å²) >= 11 is 0. The van der Waals surface area contributed by atoms with Gasteiger partial charge >= 0.3 is 5.97 Å². The molecule has 0 aliphatic carbocycles. The first-order valence-electron chi connectivity index (χ1n) is 6.40. The van der Waals surface area contributed by atoms with Gasteiger partial charge in [-0.25, -0.2) is 14.2 Å². The maximum atomic E-state index is 13.4. The number of hydrogen-bond donors (Lipinski definition) is 0. The van der Waals surface area contributed by atoms with Crippen molar-refractivity contribution >= 4 is 5.97 Å². The van der Waals surface area contributed by atoms with Crippen LogP contribution in [0.25, 0.3) is 5.69 Å². The Labute approximate surface area is 120 Å². The van der Waals surface area contributed by atoms with Gasteiger partial charge in [0.1, 0.15) is 30.9 Å². The molecule has 1 aliphatic heterocycles. The summed E-state index contributed by atoms with van der Waals surface area (Å²) in [5.41, 5.74) is 1.84. The Bertz CT molecular complexity index is 724. The topological polar surface area (TPSA) is 67.2 Å². The van der Waals surface area contributed by atoms with Crippen molar-refractivity contribution in [1.82, 2.24) is 9.55 Å². The van der Waals surface area contributed by atoms with Crippen LogP contribution in [0.4, 0.5) is 4.39 Å². The number of carbonyl (C=O) groups excluding carboxylic acids is 1. The highest BCUT2D eigenvalue weighted by Gasteiger charge is 2.29. The van der Waals surface area contributed by atoms with Crippen LogP contribution in [-0.4, -0.2) is 34.3 Å². The Balaban J connectivity index is 2.24. The molecule has 0 saturated heterocycles. The lowest BCUT2D eigenvalue weighted by atomic mass is 10.1. The highest BCUT2D eigenvalue weighted by molar-refractivity contribution is 5.88. The average molecular weight is 291 g/mol. The Hall–Kier alpha value is -2.25. The molecular weight excluding hydrogens is 277 g/mol. The highest BCUT2D eigenvalue weighted by atomic mass is 19.1. The van der Waals surface area contributed by atoms with E-state index in [-0.39, 0.29) is 18.8 Å². The van der Waals surface area contributed by atoms with Gasteiger partial charge in [-0.15, -0.1) is 0 Å². The summed E-state index contributed by atoms with van der Waals surface area (Å²) in [4.78, 5) is 15.8. The van der Waals surface area contributed by atoms with Crippen molar-refractivity contribution in [2.24, 2.45) is 0 Å². The van der Waals surface area contributed by atoms with Gasteiger partial charge < -0.3 is 14.6 Å². The predicted octanol–water partition coefficient (Wildman–Crippen LogP) is 1.76. The minimum atomic E-state index is -0.647. The fraction of sp³-hybridized carbons (Fsp3) is 0.286. The number of imidazole rings is 1. The molecule has 0 amide bonds. The molecule has 6 nitrogen and oxygen atoms in total. The fourth-order valence-corrected chi connectivity index (χ4v) is 2.65. The van der Waals surface area contributed by atoms with Crippen LogP contribution in [0.3, 0.4) is 0 Å². The van der Waals surface area contributed by atoms with Crippen molar-refractivity contribution in [1.29, 1.82) is 0 Å². The van der Waals surface area contributed by atoms with Crippen LogP contribution in [0.5, 0.6) is 0 Å². The van der Waals surface area contributed by atoms with Crippen molar-refractivity contribution in [2.45, 2.75) is 13.1 Å². The van der Waals surface area contributed by atoms with Gasteiger partial charge in [0.2, 0.25) is 0 Å². The van der Waals surface area contributed by atoms with Crippen LogP contribution in [0, 0.1) is 11.0 Å². The largest absolute Gasteiger partial charge is 0.632 e. The van der Waals surface area contributed by atoms with Crippen LogP contribution in [0.15, 0.2) is 24.5 Å². The first kappa shape index (κ1) is 13.7. The van der Waals surface area contributed by atoms with Gasteiger partial charge in [-0.05, 0) is 18.2 Å². The Morgan fingerprint density at radius 3 is 2.95 bits per heavy atom. The number of halogens is 1. The second-order valence-electron chi connectivity index (χ2n) is 5.29. The number of quaternary nitrogens is 1. The summed E-state index contributed by atoms with van der Waals surface area (Å²) in [7, 11) is 2.75. The van der Waals surface area contributed by atoms with Crippen molar-refractivity contribution in [2.75, 3.05) is 14.2 Å². The molecule has 2 aromatic rings.